The molecule has 6 nitrogen and oxygen atoms in total. The first kappa shape index (κ1) is 22.7. The molecule has 0 radical (unpaired) electrons. The number of aromatic nitrogens is 3. The molecule has 8 heteroatoms. The number of hydrogen-bond acceptors (Lipinski definition) is 4. The van der Waals surface area contributed by atoms with Gasteiger partial charge in [0.2, 0.25) is 5.91 Å². The van der Waals surface area contributed by atoms with Gasteiger partial charge in [-0.25, -0.2) is 18.4 Å². The van der Waals surface area contributed by atoms with Crippen molar-refractivity contribution in [3.63, 3.8) is 0 Å². The first-order chi connectivity index (χ1) is 17.0. The van der Waals surface area contributed by atoms with Crippen LogP contribution in [0.2, 0.25) is 0 Å². The summed E-state index contributed by atoms with van der Waals surface area (Å²) in [6.45, 7) is 1.31. The molecule has 0 aliphatic carbocycles. The summed E-state index contributed by atoms with van der Waals surface area (Å²) in [6.07, 6.45) is 1.70. The van der Waals surface area contributed by atoms with E-state index in [4.69, 9.17) is 0 Å². The second kappa shape index (κ2) is 10.0. The summed E-state index contributed by atoms with van der Waals surface area (Å²) < 4.78 is 28.4. The van der Waals surface area contributed by atoms with E-state index in [9.17, 15) is 13.6 Å². The molecule has 1 amide bonds. The van der Waals surface area contributed by atoms with Crippen LogP contribution in [0.5, 0.6) is 0 Å². The van der Waals surface area contributed by atoms with E-state index in [0.717, 1.165) is 18.5 Å². The minimum Gasteiger partial charge on any atom is -0.382 e. The van der Waals surface area contributed by atoms with E-state index in [-0.39, 0.29) is 24.1 Å². The van der Waals surface area contributed by atoms with E-state index in [2.05, 4.69) is 15.4 Å². The predicted octanol–water partition coefficient (Wildman–Crippen LogP) is 4.99. The third-order valence-corrected chi connectivity index (χ3v) is 6.15. The Kier molecular flexibility index (Phi) is 6.52. The summed E-state index contributed by atoms with van der Waals surface area (Å²) in [5, 5.41) is 8.07. The number of piperidine rings is 1. The van der Waals surface area contributed by atoms with Gasteiger partial charge in [-0.15, -0.1) is 5.10 Å². The smallest absolute Gasteiger partial charge is 0.244 e. The number of hydrogen-bond donors (Lipinski definition) is 1. The molecule has 0 saturated carbocycles. The lowest BCUT2D eigenvalue weighted by Crippen LogP contribution is -2.43. The molecule has 4 aromatic rings. The fourth-order valence-electron chi connectivity index (χ4n) is 4.26. The topological polar surface area (TPSA) is 63.1 Å². The van der Waals surface area contributed by atoms with Crippen molar-refractivity contribution in [2.75, 3.05) is 18.4 Å². The van der Waals surface area contributed by atoms with Gasteiger partial charge in [-0.05, 0) is 73.5 Å². The number of amides is 1. The molecule has 1 fully saturated rings. The second-order valence-electron chi connectivity index (χ2n) is 8.60. The lowest BCUT2D eigenvalue weighted by atomic mass is 10.0. The number of carbonyl (C=O) groups excluding carboxylic acids is 1. The van der Waals surface area contributed by atoms with E-state index in [1.807, 2.05) is 35.2 Å². The number of nitrogens with one attached hydrogen (secondary N) is 1. The highest BCUT2D eigenvalue weighted by atomic mass is 19.1. The molecule has 3 aromatic carbocycles. The molecule has 1 aliphatic heterocycles. The zero-order valence-electron chi connectivity index (χ0n) is 19.1. The number of anilines is 1. The van der Waals surface area contributed by atoms with Crippen molar-refractivity contribution in [1.82, 2.24) is 19.7 Å². The second-order valence-corrected chi connectivity index (χ2v) is 8.60. The lowest BCUT2D eigenvalue weighted by molar-refractivity contribution is -0.132. The van der Waals surface area contributed by atoms with E-state index in [0.29, 0.717) is 41.9 Å². The molecule has 0 atom stereocenters. The molecule has 5 rings (SSSR count). The van der Waals surface area contributed by atoms with E-state index in [1.54, 1.807) is 28.9 Å². The van der Waals surface area contributed by atoms with Gasteiger partial charge >= 0.3 is 0 Å². The zero-order chi connectivity index (χ0) is 24.2. The zero-order valence-corrected chi connectivity index (χ0v) is 19.1. The Morgan fingerprint density at radius 2 is 1.46 bits per heavy atom. The molecule has 0 spiro atoms. The number of rotatable bonds is 6. The highest BCUT2D eigenvalue weighted by molar-refractivity contribution is 5.77. The molecule has 0 unspecified atom stereocenters. The minimum atomic E-state index is -0.360. The average molecular weight is 474 g/mol. The summed E-state index contributed by atoms with van der Waals surface area (Å²) in [7, 11) is 0. The highest BCUT2D eigenvalue weighted by Crippen LogP contribution is 2.24. The molecule has 2 heterocycles. The van der Waals surface area contributed by atoms with Crippen LogP contribution >= 0.6 is 0 Å². The summed E-state index contributed by atoms with van der Waals surface area (Å²) in [5.74, 6) is 0.0668. The Bertz CT molecular complexity index is 1280. The maximum Gasteiger partial charge on any atom is 0.244 e. The van der Waals surface area contributed by atoms with E-state index >= 15 is 0 Å². The van der Waals surface area contributed by atoms with Gasteiger partial charge in [0.05, 0.1) is 0 Å². The van der Waals surface area contributed by atoms with Crippen LogP contribution < -0.4 is 5.32 Å². The van der Waals surface area contributed by atoms with Crippen LogP contribution in [0, 0.1) is 11.6 Å². The number of carbonyl (C=O) groups is 1. The molecular weight excluding hydrogens is 448 g/mol. The van der Waals surface area contributed by atoms with Gasteiger partial charge < -0.3 is 10.2 Å². The normalized spacial score (nSPS) is 14.2. The van der Waals surface area contributed by atoms with E-state index in [1.165, 1.54) is 24.3 Å². The maximum atomic E-state index is 13.5. The van der Waals surface area contributed by atoms with Crippen LogP contribution in [0.1, 0.15) is 12.8 Å². The Morgan fingerprint density at radius 1 is 0.857 bits per heavy atom. The van der Waals surface area contributed by atoms with Crippen molar-refractivity contribution in [3.05, 3.63) is 90.5 Å². The van der Waals surface area contributed by atoms with Crippen LogP contribution in [-0.2, 0) is 11.3 Å². The van der Waals surface area contributed by atoms with Crippen LogP contribution in [0.25, 0.3) is 22.8 Å². The quantitative estimate of drug-likeness (QED) is 0.428. The van der Waals surface area contributed by atoms with Crippen LogP contribution in [0.4, 0.5) is 14.5 Å². The van der Waals surface area contributed by atoms with Crippen molar-refractivity contribution in [3.8, 4) is 22.8 Å². The number of para-hydroxylation sites is 1. The molecule has 1 N–H and O–H groups in total. The Balaban J connectivity index is 1.31. The predicted molar refractivity (Wildman–Crippen MR) is 130 cm³/mol. The monoisotopic (exact) mass is 473 g/mol. The number of halogens is 2. The van der Waals surface area contributed by atoms with Crippen molar-refractivity contribution in [1.29, 1.82) is 0 Å². The van der Waals surface area contributed by atoms with Crippen molar-refractivity contribution in [2.24, 2.45) is 0 Å². The summed E-state index contributed by atoms with van der Waals surface area (Å²) in [5.41, 5.74) is 2.36. The van der Waals surface area contributed by atoms with E-state index < -0.39 is 0 Å². The number of likely N-dealkylation sites (tertiary alicyclic amines) is 1. The summed E-state index contributed by atoms with van der Waals surface area (Å²) >= 11 is 0. The summed E-state index contributed by atoms with van der Waals surface area (Å²) in [4.78, 5) is 19.6. The molecule has 1 saturated heterocycles. The van der Waals surface area contributed by atoms with Gasteiger partial charge in [0.1, 0.15) is 18.2 Å². The van der Waals surface area contributed by atoms with Crippen molar-refractivity contribution < 1.29 is 13.6 Å². The molecule has 1 aliphatic rings. The van der Waals surface area contributed by atoms with Crippen LogP contribution in [0.3, 0.4) is 0 Å². The van der Waals surface area contributed by atoms with Gasteiger partial charge in [-0.2, -0.15) is 0 Å². The third kappa shape index (κ3) is 5.37. The Hall–Kier alpha value is -4.07. The van der Waals surface area contributed by atoms with Crippen LogP contribution in [-0.4, -0.2) is 44.7 Å². The van der Waals surface area contributed by atoms with Gasteiger partial charge in [0.15, 0.2) is 11.6 Å². The average Bonchev–Trinajstić information content (AvgIpc) is 3.29. The molecule has 35 heavy (non-hydrogen) atoms. The van der Waals surface area contributed by atoms with Gasteiger partial charge in [0.25, 0.3) is 0 Å². The van der Waals surface area contributed by atoms with Crippen molar-refractivity contribution >= 4 is 11.6 Å². The number of nitrogens with zero attached hydrogens (tertiary/aromatic N) is 4. The standard InChI is InChI=1S/C27H25F2N5O/c28-21-10-6-19(7-11-21)26-31-27(20-8-12-22(29)13-9-20)34(32-26)18-25(35)33-16-14-24(15-17-33)30-23-4-2-1-3-5-23/h1-13,24,30H,14-18H2. The maximum absolute atomic E-state index is 13.5. The first-order valence-corrected chi connectivity index (χ1v) is 11.6. The molecule has 0 bridgehead atoms. The first-order valence-electron chi connectivity index (χ1n) is 11.6. The Morgan fingerprint density at radius 3 is 2.09 bits per heavy atom. The molecule has 1 aromatic heterocycles. The SMILES string of the molecule is O=C(Cn1nc(-c2ccc(F)cc2)nc1-c1ccc(F)cc1)N1CCC(Nc2ccccc2)CC1. The van der Waals surface area contributed by atoms with Gasteiger partial charge in [-0.3, -0.25) is 4.79 Å². The largest absolute Gasteiger partial charge is 0.382 e. The minimum absolute atomic E-state index is 0.0116. The highest BCUT2D eigenvalue weighted by Gasteiger charge is 2.24. The lowest BCUT2D eigenvalue weighted by Gasteiger charge is -2.33. The third-order valence-electron chi connectivity index (χ3n) is 6.15. The fraction of sp³-hybridized carbons (Fsp3) is 0.222. The molecular formula is C27H25F2N5O. The number of benzene rings is 3. The van der Waals surface area contributed by atoms with Crippen LogP contribution in [0.15, 0.2) is 78.9 Å². The summed E-state index contributed by atoms with van der Waals surface area (Å²) in [6, 6.07) is 22.1. The molecule has 178 valence electrons. The van der Waals surface area contributed by atoms with Crippen molar-refractivity contribution in [2.45, 2.75) is 25.4 Å². The Labute approximate surface area is 202 Å². The fourth-order valence-corrected chi connectivity index (χ4v) is 4.26. The van der Waals surface area contributed by atoms with Gasteiger partial charge in [-0.1, -0.05) is 18.2 Å². The van der Waals surface area contributed by atoms with Gasteiger partial charge in [0, 0.05) is 35.9 Å².